The summed E-state index contributed by atoms with van der Waals surface area (Å²) < 4.78 is 10.7. The van der Waals surface area contributed by atoms with Gasteiger partial charge < -0.3 is 19.1 Å². The molecule has 2 saturated heterocycles. The Balaban J connectivity index is 1.65. The topological polar surface area (TPSA) is 83.9 Å². The summed E-state index contributed by atoms with van der Waals surface area (Å²) in [5, 5.41) is 16.6. The van der Waals surface area contributed by atoms with Crippen LogP contribution in [0.4, 0.5) is 0 Å². The molecule has 2 aliphatic heterocycles. The highest BCUT2D eigenvalue weighted by molar-refractivity contribution is 6.28. The lowest BCUT2D eigenvalue weighted by Crippen LogP contribution is -2.40. The molecular weight excluding hydrogens is 231 g/mol. The first-order chi connectivity index (χ1) is 8.31. The molecular formula is C8H16BN2O6. The molecule has 2 N–H and O–H groups in total. The van der Waals surface area contributed by atoms with Crippen molar-refractivity contribution in [3.05, 3.63) is 0 Å². The van der Waals surface area contributed by atoms with Crippen LogP contribution >= 0.6 is 0 Å². The maximum Gasteiger partial charge on any atom is 0.317 e. The van der Waals surface area contributed by atoms with Gasteiger partial charge in [-0.3, -0.25) is 10.5 Å². The van der Waals surface area contributed by atoms with E-state index in [1.165, 1.54) is 0 Å². The van der Waals surface area contributed by atoms with Gasteiger partial charge in [-0.05, 0) is 0 Å². The van der Waals surface area contributed by atoms with Crippen LogP contribution in [-0.4, -0.2) is 79.7 Å². The minimum Gasteiger partial charge on any atom is -0.360 e. The molecule has 97 valence electrons. The third-order valence-corrected chi connectivity index (χ3v) is 2.68. The van der Waals surface area contributed by atoms with E-state index in [0.29, 0.717) is 26.6 Å². The third-order valence-electron chi connectivity index (χ3n) is 2.68. The second-order valence-corrected chi connectivity index (χ2v) is 4.09. The summed E-state index contributed by atoms with van der Waals surface area (Å²) in [7, 11) is 1.91. The second kappa shape index (κ2) is 6.62. The third kappa shape index (κ3) is 3.86. The van der Waals surface area contributed by atoms with Crippen LogP contribution in [0, 0.1) is 0 Å². The summed E-state index contributed by atoms with van der Waals surface area (Å²) >= 11 is 0. The monoisotopic (exact) mass is 247 g/mol. The van der Waals surface area contributed by atoms with Crippen molar-refractivity contribution in [2.75, 3.05) is 39.8 Å². The van der Waals surface area contributed by atoms with Crippen LogP contribution in [0.2, 0.25) is 0 Å². The highest BCUT2D eigenvalue weighted by atomic mass is 17.1. The first-order valence-electron chi connectivity index (χ1n) is 5.41. The maximum absolute atomic E-state index is 8.31. The van der Waals surface area contributed by atoms with E-state index >= 15 is 0 Å². The Bertz CT molecular complexity index is 214. The van der Waals surface area contributed by atoms with Crippen LogP contribution in [0.1, 0.15) is 0 Å². The summed E-state index contributed by atoms with van der Waals surface area (Å²) in [6.07, 6.45) is -0.229. The van der Waals surface area contributed by atoms with E-state index < -0.39 is 0 Å². The molecule has 0 spiro atoms. The van der Waals surface area contributed by atoms with E-state index in [1.807, 2.05) is 17.2 Å². The predicted octanol–water partition coefficient (Wildman–Crippen LogP) is -1.18. The van der Waals surface area contributed by atoms with Crippen LogP contribution in [-0.2, 0) is 19.2 Å². The molecule has 2 rings (SSSR count). The summed E-state index contributed by atoms with van der Waals surface area (Å²) in [5.41, 5.74) is 0. The summed E-state index contributed by atoms with van der Waals surface area (Å²) in [6.45, 7) is 2.59. The van der Waals surface area contributed by atoms with Crippen molar-refractivity contribution in [3.63, 3.8) is 0 Å². The van der Waals surface area contributed by atoms with Gasteiger partial charge in [0.25, 0.3) is 0 Å². The lowest BCUT2D eigenvalue weighted by Gasteiger charge is -2.18. The number of nitrogens with zero attached hydrogens (tertiary/aromatic N) is 2. The highest BCUT2D eigenvalue weighted by Gasteiger charge is 2.30. The Morgan fingerprint density at radius 3 is 1.88 bits per heavy atom. The van der Waals surface area contributed by atoms with Crippen LogP contribution in [0.25, 0.3) is 0 Å². The van der Waals surface area contributed by atoms with Crippen LogP contribution < -0.4 is 0 Å². The number of ether oxygens (including phenoxy) is 2. The smallest absolute Gasteiger partial charge is 0.317 e. The molecule has 0 aromatic rings. The van der Waals surface area contributed by atoms with E-state index in [4.69, 9.17) is 20.0 Å². The fourth-order valence-electron chi connectivity index (χ4n) is 1.90. The van der Waals surface area contributed by atoms with Crippen molar-refractivity contribution in [3.8, 4) is 0 Å². The normalized spacial score (nSPS) is 31.2. The molecule has 2 fully saturated rings. The zero-order valence-electron chi connectivity index (χ0n) is 9.40. The van der Waals surface area contributed by atoms with E-state index in [2.05, 4.69) is 9.78 Å². The van der Waals surface area contributed by atoms with Gasteiger partial charge in [-0.15, -0.1) is 0 Å². The number of hydrogen-bond acceptors (Lipinski definition) is 8. The van der Waals surface area contributed by atoms with Crippen LogP contribution in [0.15, 0.2) is 0 Å². The Morgan fingerprint density at radius 2 is 1.47 bits per heavy atom. The Morgan fingerprint density at radius 1 is 1.00 bits per heavy atom. The van der Waals surface area contributed by atoms with E-state index in [-0.39, 0.29) is 25.4 Å². The summed E-state index contributed by atoms with van der Waals surface area (Å²) in [6, 6.07) is 0. The largest absolute Gasteiger partial charge is 0.360 e. The maximum atomic E-state index is 8.31. The van der Waals surface area contributed by atoms with Crippen molar-refractivity contribution in [2.24, 2.45) is 0 Å². The molecule has 0 saturated carbocycles. The van der Waals surface area contributed by atoms with Crippen molar-refractivity contribution in [2.45, 2.75) is 12.2 Å². The molecule has 2 aliphatic rings. The van der Waals surface area contributed by atoms with Crippen LogP contribution in [0.5, 0.6) is 0 Å². The van der Waals surface area contributed by atoms with Gasteiger partial charge in [-0.2, -0.15) is 0 Å². The minimum absolute atomic E-state index is 0.114. The zero-order valence-corrected chi connectivity index (χ0v) is 9.40. The van der Waals surface area contributed by atoms with Gasteiger partial charge in [0.1, 0.15) is 13.2 Å². The average molecular weight is 247 g/mol. The summed E-state index contributed by atoms with van der Waals surface area (Å²) in [5.74, 6) is 0. The molecule has 0 bridgehead atoms. The van der Waals surface area contributed by atoms with Gasteiger partial charge in [0.15, 0.2) is 0 Å². The fourth-order valence-corrected chi connectivity index (χ4v) is 1.90. The molecule has 2 atom stereocenters. The second-order valence-electron chi connectivity index (χ2n) is 4.09. The SMILES string of the molecule is OOCC1CN([B]N2COC(COO)C2)CO1. The number of hydrogen-bond donors (Lipinski definition) is 2. The van der Waals surface area contributed by atoms with Crippen molar-refractivity contribution < 1.29 is 29.8 Å². The van der Waals surface area contributed by atoms with E-state index in [1.54, 1.807) is 0 Å². The highest BCUT2D eigenvalue weighted by Crippen LogP contribution is 2.12. The molecule has 0 aliphatic carbocycles. The van der Waals surface area contributed by atoms with E-state index in [9.17, 15) is 0 Å². The summed E-state index contributed by atoms with van der Waals surface area (Å²) in [4.78, 5) is 12.0. The number of rotatable bonds is 6. The molecule has 2 heterocycles. The van der Waals surface area contributed by atoms with Crippen molar-refractivity contribution in [1.29, 1.82) is 0 Å². The predicted molar refractivity (Wildman–Crippen MR) is 55.8 cm³/mol. The molecule has 0 amide bonds. The standard InChI is InChI=1S/C8H16BN2O6/c12-16-3-7-1-10(5-14-7)9-11-2-8(4-17-13)15-6-11/h7-8,12-13H,1-6H2. The first-order valence-corrected chi connectivity index (χ1v) is 5.41. The zero-order chi connectivity index (χ0) is 12.1. The van der Waals surface area contributed by atoms with Crippen molar-refractivity contribution in [1.82, 2.24) is 9.62 Å². The van der Waals surface area contributed by atoms with Gasteiger partial charge in [-0.25, -0.2) is 9.78 Å². The van der Waals surface area contributed by atoms with Gasteiger partial charge >= 0.3 is 7.55 Å². The van der Waals surface area contributed by atoms with Gasteiger partial charge in [-0.1, -0.05) is 0 Å². The quantitative estimate of drug-likeness (QED) is 0.344. The van der Waals surface area contributed by atoms with Crippen molar-refractivity contribution >= 4 is 7.55 Å². The molecule has 0 aromatic heterocycles. The molecule has 17 heavy (non-hydrogen) atoms. The molecule has 1 radical (unpaired) electrons. The molecule has 8 nitrogen and oxygen atoms in total. The lowest BCUT2D eigenvalue weighted by atomic mass is 10.1. The Hall–Kier alpha value is -0.255. The van der Waals surface area contributed by atoms with Gasteiger partial charge in [0, 0.05) is 13.1 Å². The Labute approximate surface area is 99.7 Å². The minimum atomic E-state index is -0.114. The molecule has 9 heteroatoms. The molecule has 2 unspecified atom stereocenters. The molecule has 0 aromatic carbocycles. The van der Waals surface area contributed by atoms with Gasteiger partial charge in [0.05, 0.1) is 25.7 Å². The lowest BCUT2D eigenvalue weighted by molar-refractivity contribution is -0.256. The Kier molecular flexibility index (Phi) is 5.13. The van der Waals surface area contributed by atoms with Gasteiger partial charge in [0.2, 0.25) is 0 Å². The fraction of sp³-hybridized carbons (Fsp3) is 1.00. The van der Waals surface area contributed by atoms with E-state index in [0.717, 1.165) is 0 Å². The van der Waals surface area contributed by atoms with Crippen LogP contribution in [0.3, 0.4) is 0 Å². The average Bonchev–Trinajstić information content (AvgIpc) is 2.91. The first kappa shape index (κ1) is 13.2.